The highest BCUT2D eigenvalue weighted by Gasteiger charge is 2.22. The molecule has 0 radical (unpaired) electrons. The molecule has 0 heterocycles. The Morgan fingerprint density at radius 2 is 2.13 bits per heavy atom. The summed E-state index contributed by atoms with van der Waals surface area (Å²) in [5.74, 6) is -1.43. The zero-order chi connectivity index (χ0) is 11.4. The molecule has 15 heavy (non-hydrogen) atoms. The lowest BCUT2D eigenvalue weighted by Crippen LogP contribution is -2.11. The summed E-state index contributed by atoms with van der Waals surface area (Å²) in [7, 11) is 0. The molecule has 82 valence electrons. The molecule has 2 nitrogen and oxygen atoms in total. The fourth-order valence-electron chi connectivity index (χ4n) is 1.49. The SMILES string of the molecule is CCCC(C(=O)O)c1cccc(Cl)c1Cl. The molecule has 1 aromatic rings. The molecule has 0 aliphatic heterocycles. The summed E-state index contributed by atoms with van der Waals surface area (Å²) < 4.78 is 0. The van der Waals surface area contributed by atoms with Crippen molar-refractivity contribution < 1.29 is 9.90 Å². The quantitative estimate of drug-likeness (QED) is 0.874. The molecule has 0 aliphatic rings. The van der Waals surface area contributed by atoms with E-state index in [9.17, 15) is 4.79 Å². The second kappa shape index (κ2) is 5.38. The number of hydrogen-bond acceptors (Lipinski definition) is 1. The van der Waals surface area contributed by atoms with Crippen LogP contribution >= 0.6 is 23.2 Å². The number of hydrogen-bond donors (Lipinski definition) is 1. The molecule has 4 heteroatoms. The minimum Gasteiger partial charge on any atom is -0.481 e. The third-order valence-corrected chi connectivity index (χ3v) is 3.07. The van der Waals surface area contributed by atoms with Crippen LogP contribution < -0.4 is 0 Å². The van der Waals surface area contributed by atoms with Crippen molar-refractivity contribution in [1.29, 1.82) is 0 Å². The topological polar surface area (TPSA) is 37.3 Å². The van der Waals surface area contributed by atoms with Crippen molar-refractivity contribution in [2.75, 3.05) is 0 Å². The Balaban J connectivity index is 3.11. The van der Waals surface area contributed by atoms with Crippen LogP contribution in [0.25, 0.3) is 0 Å². The van der Waals surface area contributed by atoms with Gasteiger partial charge >= 0.3 is 5.97 Å². The van der Waals surface area contributed by atoms with Gasteiger partial charge in [0.1, 0.15) is 0 Å². The van der Waals surface area contributed by atoms with E-state index in [0.717, 1.165) is 6.42 Å². The minimum absolute atomic E-state index is 0.347. The first-order chi connectivity index (χ1) is 7.07. The van der Waals surface area contributed by atoms with Crippen LogP contribution in [0.1, 0.15) is 31.2 Å². The van der Waals surface area contributed by atoms with E-state index in [1.807, 2.05) is 6.92 Å². The summed E-state index contributed by atoms with van der Waals surface area (Å²) in [4.78, 5) is 11.1. The standard InChI is InChI=1S/C11H12Cl2O2/c1-2-4-8(11(14)15)7-5-3-6-9(12)10(7)13/h3,5-6,8H,2,4H2,1H3,(H,14,15). The van der Waals surface area contributed by atoms with Gasteiger partial charge in [0.25, 0.3) is 0 Å². The fourth-order valence-corrected chi connectivity index (χ4v) is 1.93. The molecule has 1 atom stereocenters. The van der Waals surface area contributed by atoms with Crippen molar-refractivity contribution >= 4 is 29.2 Å². The first-order valence-corrected chi connectivity index (χ1v) is 5.50. The van der Waals surface area contributed by atoms with E-state index in [1.54, 1.807) is 18.2 Å². The third-order valence-electron chi connectivity index (χ3n) is 2.23. The molecule has 0 spiro atoms. The van der Waals surface area contributed by atoms with Crippen LogP contribution in [0.3, 0.4) is 0 Å². The maximum Gasteiger partial charge on any atom is 0.311 e. The zero-order valence-corrected chi connectivity index (χ0v) is 9.85. The Hall–Kier alpha value is -0.730. The summed E-state index contributed by atoms with van der Waals surface area (Å²) in [6, 6.07) is 5.08. The van der Waals surface area contributed by atoms with Crippen molar-refractivity contribution in [1.82, 2.24) is 0 Å². The molecule has 0 saturated carbocycles. The van der Waals surface area contributed by atoms with E-state index in [1.165, 1.54) is 0 Å². The zero-order valence-electron chi connectivity index (χ0n) is 8.34. The van der Waals surface area contributed by atoms with Gasteiger partial charge in [-0.25, -0.2) is 0 Å². The largest absolute Gasteiger partial charge is 0.481 e. The van der Waals surface area contributed by atoms with E-state index < -0.39 is 11.9 Å². The minimum atomic E-state index is -0.860. The molecule has 0 fully saturated rings. The summed E-state index contributed by atoms with van der Waals surface area (Å²) in [6.07, 6.45) is 1.36. The van der Waals surface area contributed by atoms with Crippen LogP contribution in [0.2, 0.25) is 10.0 Å². The number of rotatable bonds is 4. The first kappa shape index (κ1) is 12.3. The van der Waals surface area contributed by atoms with E-state index in [2.05, 4.69) is 0 Å². The first-order valence-electron chi connectivity index (χ1n) is 4.74. The predicted octanol–water partition coefficient (Wildman–Crippen LogP) is 3.96. The number of carboxylic acids is 1. The van der Waals surface area contributed by atoms with Crippen molar-refractivity contribution in [2.45, 2.75) is 25.7 Å². The lowest BCUT2D eigenvalue weighted by Gasteiger charge is -2.13. The molecular weight excluding hydrogens is 235 g/mol. The Morgan fingerprint density at radius 1 is 1.47 bits per heavy atom. The van der Waals surface area contributed by atoms with Crippen LogP contribution in [-0.4, -0.2) is 11.1 Å². The van der Waals surface area contributed by atoms with Gasteiger partial charge in [-0.15, -0.1) is 0 Å². The molecule has 0 aliphatic carbocycles. The lowest BCUT2D eigenvalue weighted by molar-refractivity contribution is -0.139. The maximum absolute atomic E-state index is 11.1. The number of benzene rings is 1. The molecule has 0 saturated heterocycles. The molecule has 1 rings (SSSR count). The van der Waals surface area contributed by atoms with Gasteiger partial charge in [0, 0.05) is 0 Å². The fraction of sp³-hybridized carbons (Fsp3) is 0.364. The highest BCUT2D eigenvalue weighted by Crippen LogP contribution is 2.33. The average molecular weight is 247 g/mol. The highest BCUT2D eigenvalue weighted by atomic mass is 35.5. The third kappa shape index (κ3) is 2.86. The van der Waals surface area contributed by atoms with Crippen molar-refractivity contribution in [3.8, 4) is 0 Å². The molecular formula is C11H12Cl2O2. The van der Waals surface area contributed by atoms with Gasteiger partial charge in [-0.05, 0) is 18.1 Å². The number of halogens is 2. The monoisotopic (exact) mass is 246 g/mol. The van der Waals surface area contributed by atoms with Crippen LogP contribution in [0.4, 0.5) is 0 Å². The average Bonchev–Trinajstić information content (AvgIpc) is 2.19. The molecule has 0 amide bonds. The lowest BCUT2D eigenvalue weighted by atomic mass is 9.95. The van der Waals surface area contributed by atoms with Crippen molar-refractivity contribution in [3.05, 3.63) is 33.8 Å². The maximum atomic E-state index is 11.1. The van der Waals surface area contributed by atoms with Gasteiger partial charge in [0.2, 0.25) is 0 Å². The van der Waals surface area contributed by atoms with Crippen LogP contribution in [0, 0.1) is 0 Å². The summed E-state index contributed by atoms with van der Waals surface area (Å²) in [6.45, 7) is 1.94. The summed E-state index contributed by atoms with van der Waals surface area (Å²) in [5, 5.41) is 9.82. The van der Waals surface area contributed by atoms with Crippen LogP contribution in [-0.2, 0) is 4.79 Å². The molecule has 1 unspecified atom stereocenters. The van der Waals surface area contributed by atoms with Gasteiger partial charge < -0.3 is 5.11 Å². The molecule has 0 aromatic heterocycles. The van der Waals surface area contributed by atoms with E-state index in [-0.39, 0.29) is 0 Å². The predicted molar refractivity (Wildman–Crippen MR) is 61.7 cm³/mol. The van der Waals surface area contributed by atoms with E-state index in [4.69, 9.17) is 28.3 Å². The van der Waals surface area contributed by atoms with E-state index in [0.29, 0.717) is 22.0 Å². The van der Waals surface area contributed by atoms with Gasteiger partial charge in [0.15, 0.2) is 0 Å². The summed E-state index contributed by atoms with van der Waals surface area (Å²) >= 11 is 11.8. The highest BCUT2D eigenvalue weighted by molar-refractivity contribution is 6.42. The molecule has 1 aromatic carbocycles. The Kier molecular flexibility index (Phi) is 4.43. The van der Waals surface area contributed by atoms with Crippen LogP contribution in [0.15, 0.2) is 18.2 Å². The van der Waals surface area contributed by atoms with Gasteiger partial charge in [-0.3, -0.25) is 4.79 Å². The van der Waals surface area contributed by atoms with Gasteiger partial charge in [-0.2, -0.15) is 0 Å². The van der Waals surface area contributed by atoms with Gasteiger partial charge in [0.05, 0.1) is 16.0 Å². The summed E-state index contributed by atoms with van der Waals surface area (Å²) in [5.41, 5.74) is 0.596. The molecule has 1 N–H and O–H groups in total. The second-order valence-electron chi connectivity index (χ2n) is 3.32. The second-order valence-corrected chi connectivity index (χ2v) is 4.11. The van der Waals surface area contributed by atoms with Crippen molar-refractivity contribution in [2.24, 2.45) is 0 Å². The Bertz CT molecular complexity index is 364. The van der Waals surface area contributed by atoms with Gasteiger partial charge in [-0.1, -0.05) is 48.7 Å². The smallest absolute Gasteiger partial charge is 0.311 e. The van der Waals surface area contributed by atoms with E-state index >= 15 is 0 Å². The normalized spacial score (nSPS) is 12.5. The van der Waals surface area contributed by atoms with Crippen molar-refractivity contribution in [3.63, 3.8) is 0 Å². The Morgan fingerprint density at radius 3 is 2.67 bits per heavy atom. The number of aliphatic carboxylic acids is 1. The molecule has 0 bridgehead atoms. The number of carbonyl (C=O) groups is 1. The Labute approximate surface area is 98.8 Å². The number of carboxylic acid groups (broad SMARTS) is 1. The van der Waals surface area contributed by atoms with Crippen LogP contribution in [0.5, 0.6) is 0 Å².